The van der Waals surface area contributed by atoms with Gasteiger partial charge in [-0.1, -0.05) is 24.3 Å². The molecule has 2 amide bonds. The van der Waals surface area contributed by atoms with Crippen molar-refractivity contribution in [1.29, 1.82) is 0 Å². The summed E-state index contributed by atoms with van der Waals surface area (Å²) in [4.78, 5) is 33.1. The summed E-state index contributed by atoms with van der Waals surface area (Å²) >= 11 is 3.14. The number of para-hydroxylation sites is 1. The SMILES string of the molecule is CCOC(=O)N1CCc2c(sc(NC(=O)Cc3ccc(OCC)cc3)c2-c2nc3ccccc3s2)C1. The third-order valence-electron chi connectivity index (χ3n) is 5.94. The van der Waals surface area contributed by atoms with E-state index in [1.807, 2.05) is 56.3 Å². The second kappa shape index (κ2) is 10.7. The fraction of sp³-hybridized carbons (Fsp3) is 0.296. The van der Waals surface area contributed by atoms with E-state index < -0.39 is 0 Å². The molecule has 0 radical (unpaired) electrons. The predicted octanol–water partition coefficient (Wildman–Crippen LogP) is 6.12. The van der Waals surface area contributed by atoms with Gasteiger partial charge in [0.1, 0.15) is 15.8 Å². The molecule has 3 heterocycles. The van der Waals surface area contributed by atoms with Crippen molar-refractivity contribution in [2.45, 2.75) is 33.2 Å². The molecule has 4 aromatic rings. The van der Waals surface area contributed by atoms with Crippen molar-refractivity contribution >= 4 is 49.9 Å². The van der Waals surface area contributed by atoms with Gasteiger partial charge in [-0.2, -0.15) is 0 Å². The molecule has 2 aromatic heterocycles. The second-order valence-electron chi connectivity index (χ2n) is 8.37. The van der Waals surface area contributed by atoms with Crippen LogP contribution in [0.5, 0.6) is 5.75 Å². The molecule has 0 spiro atoms. The molecule has 0 fully saturated rings. The average Bonchev–Trinajstić information content (AvgIpc) is 3.45. The molecule has 2 aromatic carbocycles. The molecule has 0 saturated heterocycles. The van der Waals surface area contributed by atoms with E-state index in [9.17, 15) is 9.59 Å². The number of thiazole rings is 1. The zero-order valence-corrected chi connectivity index (χ0v) is 21.8. The van der Waals surface area contributed by atoms with Crippen LogP contribution < -0.4 is 10.1 Å². The van der Waals surface area contributed by atoms with Crippen molar-refractivity contribution in [2.24, 2.45) is 0 Å². The van der Waals surface area contributed by atoms with Crippen molar-refractivity contribution in [3.05, 3.63) is 64.5 Å². The van der Waals surface area contributed by atoms with Crippen LogP contribution in [0.2, 0.25) is 0 Å². The largest absolute Gasteiger partial charge is 0.494 e. The number of nitrogens with zero attached hydrogens (tertiary/aromatic N) is 2. The van der Waals surface area contributed by atoms with Crippen LogP contribution in [0.15, 0.2) is 48.5 Å². The summed E-state index contributed by atoms with van der Waals surface area (Å²) in [6.07, 6.45) is 0.632. The summed E-state index contributed by atoms with van der Waals surface area (Å²) in [5.74, 6) is 0.694. The third-order valence-corrected chi connectivity index (χ3v) is 8.13. The Labute approximate surface area is 217 Å². The normalized spacial score (nSPS) is 12.9. The van der Waals surface area contributed by atoms with E-state index in [0.717, 1.165) is 47.5 Å². The molecule has 1 N–H and O–H groups in total. The summed E-state index contributed by atoms with van der Waals surface area (Å²) in [7, 11) is 0. The fourth-order valence-electron chi connectivity index (χ4n) is 4.29. The van der Waals surface area contributed by atoms with Crippen LogP contribution in [0, 0.1) is 0 Å². The molecule has 1 aliphatic rings. The fourth-order valence-corrected chi connectivity index (χ4v) is 6.68. The molecule has 186 valence electrons. The summed E-state index contributed by atoms with van der Waals surface area (Å²) < 4.78 is 11.8. The Bertz CT molecular complexity index is 1360. The van der Waals surface area contributed by atoms with Gasteiger partial charge < -0.3 is 19.7 Å². The van der Waals surface area contributed by atoms with Gasteiger partial charge in [0.2, 0.25) is 5.91 Å². The molecule has 1 aliphatic heterocycles. The van der Waals surface area contributed by atoms with Gasteiger partial charge in [0.15, 0.2) is 0 Å². The van der Waals surface area contributed by atoms with Crippen molar-refractivity contribution in [1.82, 2.24) is 9.88 Å². The Morgan fingerprint density at radius 1 is 1.06 bits per heavy atom. The lowest BCUT2D eigenvalue weighted by Crippen LogP contribution is -2.35. The lowest BCUT2D eigenvalue weighted by Gasteiger charge is -2.26. The minimum Gasteiger partial charge on any atom is -0.494 e. The van der Waals surface area contributed by atoms with Crippen LogP contribution >= 0.6 is 22.7 Å². The molecule has 9 heteroatoms. The second-order valence-corrected chi connectivity index (χ2v) is 10.5. The first-order valence-corrected chi connectivity index (χ1v) is 13.6. The Morgan fingerprint density at radius 2 is 1.86 bits per heavy atom. The standard InChI is InChI=1S/C27H27N3O4S2/c1-3-33-18-11-9-17(10-12-18)15-23(31)29-26-24(25-28-20-7-5-6-8-21(20)35-25)19-13-14-30(16-22(19)36-26)27(32)34-4-2/h5-12H,3-4,13-16H2,1-2H3,(H,29,31). The maximum Gasteiger partial charge on any atom is 0.410 e. The number of carbonyl (C=O) groups excluding carboxylic acids is 2. The summed E-state index contributed by atoms with van der Waals surface area (Å²) in [5, 5.41) is 4.81. The van der Waals surface area contributed by atoms with Gasteiger partial charge in [0, 0.05) is 17.0 Å². The quantitative estimate of drug-likeness (QED) is 0.317. The zero-order valence-electron chi connectivity index (χ0n) is 20.2. The highest BCUT2D eigenvalue weighted by molar-refractivity contribution is 7.22. The van der Waals surface area contributed by atoms with Crippen molar-refractivity contribution in [3.8, 4) is 16.3 Å². The van der Waals surface area contributed by atoms with Gasteiger partial charge >= 0.3 is 6.09 Å². The smallest absolute Gasteiger partial charge is 0.410 e. The highest BCUT2D eigenvalue weighted by Crippen LogP contribution is 2.45. The van der Waals surface area contributed by atoms with Gasteiger partial charge in [-0.25, -0.2) is 9.78 Å². The van der Waals surface area contributed by atoms with Crippen molar-refractivity contribution in [3.63, 3.8) is 0 Å². The minimum absolute atomic E-state index is 0.0950. The van der Waals surface area contributed by atoms with Crippen LogP contribution in [0.25, 0.3) is 20.8 Å². The van der Waals surface area contributed by atoms with Gasteiger partial charge in [-0.05, 0) is 55.7 Å². The van der Waals surface area contributed by atoms with E-state index >= 15 is 0 Å². The molecule has 0 saturated carbocycles. The number of hydrogen-bond donors (Lipinski definition) is 1. The van der Waals surface area contributed by atoms with Gasteiger partial charge in [-0.15, -0.1) is 22.7 Å². The summed E-state index contributed by atoms with van der Waals surface area (Å²) in [6, 6.07) is 15.6. The van der Waals surface area contributed by atoms with Gasteiger partial charge in [-0.3, -0.25) is 4.79 Å². The lowest BCUT2D eigenvalue weighted by molar-refractivity contribution is -0.115. The van der Waals surface area contributed by atoms with Crippen molar-refractivity contribution < 1.29 is 19.1 Å². The molecule has 5 rings (SSSR count). The number of thiophene rings is 1. The first kappa shape index (κ1) is 24.3. The third kappa shape index (κ3) is 5.08. The summed E-state index contributed by atoms with van der Waals surface area (Å²) in [5.41, 5.74) is 3.97. The number of amides is 2. The molecule has 0 atom stereocenters. The number of anilines is 1. The first-order valence-electron chi connectivity index (χ1n) is 12.0. The molecular weight excluding hydrogens is 494 g/mol. The molecule has 0 aliphatic carbocycles. The van der Waals surface area contributed by atoms with Crippen molar-refractivity contribution in [2.75, 3.05) is 25.1 Å². The van der Waals surface area contributed by atoms with Gasteiger partial charge in [0.25, 0.3) is 0 Å². The molecule has 0 unspecified atom stereocenters. The Kier molecular flexibility index (Phi) is 7.20. The van der Waals surface area contributed by atoms with E-state index in [4.69, 9.17) is 14.5 Å². The van der Waals surface area contributed by atoms with Crippen LogP contribution in [-0.4, -0.2) is 41.6 Å². The highest BCUT2D eigenvalue weighted by Gasteiger charge is 2.30. The van der Waals surface area contributed by atoms with Crippen LogP contribution in [0.3, 0.4) is 0 Å². The number of carbonyl (C=O) groups is 2. The molecular formula is C27H27N3O4S2. The maximum atomic E-state index is 13.1. The lowest BCUT2D eigenvalue weighted by atomic mass is 10.0. The number of ether oxygens (including phenoxy) is 2. The number of nitrogens with one attached hydrogen (secondary N) is 1. The summed E-state index contributed by atoms with van der Waals surface area (Å²) in [6.45, 7) is 5.73. The van der Waals surface area contributed by atoms with E-state index in [0.29, 0.717) is 32.7 Å². The number of rotatable bonds is 7. The zero-order chi connectivity index (χ0) is 25.1. The number of fused-ring (bicyclic) bond motifs is 2. The average molecular weight is 522 g/mol. The predicted molar refractivity (Wildman–Crippen MR) is 144 cm³/mol. The van der Waals surface area contributed by atoms with E-state index in [1.54, 1.807) is 16.2 Å². The number of aromatic nitrogens is 1. The number of benzene rings is 2. The van der Waals surface area contributed by atoms with Crippen LogP contribution in [0.4, 0.5) is 9.80 Å². The Morgan fingerprint density at radius 3 is 2.61 bits per heavy atom. The first-order chi connectivity index (χ1) is 17.6. The van der Waals surface area contributed by atoms with Crippen LogP contribution in [0.1, 0.15) is 29.9 Å². The molecule has 0 bridgehead atoms. The maximum absolute atomic E-state index is 13.1. The minimum atomic E-state index is -0.306. The highest BCUT2D eigenvalue weighted by atomic mass is 32.1. The van der Waals surface area contributed by atoms with E-state index in [2.05, 4.69) is 11.4 Å². The molecule has 7 nitrogen and oxygen atoms in total. The van der Waals surface area contributed by atoms with E-state index in [1.165, 1.54) is 11.3 Å². The van der Waals surface area contributed by atoms with Gasteiger partial charge in [0.05, 0.1) is 36.4 Å². The van der Waals surface area contributed by atoms with Crippen LogP contribution in [-0.2, 0) is 28.9 Å². The van der Waals surface area contributed by atoms with E-state index in [-0.39, 0.29) is 18.4 Å². The Hall–Kier alpha value is -3.43. The number of hydrogen-bond acceptors (Lipinski definition) is 7. The monoisotopic (exact) mass is 521 g/mol. The molecule has 36 heavy (non-hydrogen) atoms. The topological polar surface area (TPSA) is 80.8 Å². The Balaban J connectivity index is 1.44.